The molecule has 16 heteroatoms. The number of carboxylic acid groups (broad SMARTS) is 2. The Balaban J connectivity index is 0.000000349. The van der Waals surface area contributed by atoms with Crippen LogP contribution in [0.2, 0.25) is 0 Å². The molecule has 2 aliphatic heterocycles. The maximum Gasteiger partial charge on any atom is 0.490 e. The first-order valence-electron chi connectivity index (χ1n) is 12.1. The van der Waals surface area contributed by atoms with Crippen LogP contribution in [-0.4, -0.2) is 94.7 Å². The van der Waals surface area contributed by atoms with Crippen molar-refractivity contribution in [1.29, 1.82) is 0 Å². The van der Waals surface area contributed by atoms with E-state index in [0.29, 0.717) is 25.5 Å². The van der Waals surface area contributed by atoms with E-state index in [0.717, 1.165) is 43.9 Å². The fourth-order valence-corrected chi connectivity index (χ4v) is 4.21. The number of anilines is 1. The van der Waals surface area contributed by atoms with E-state index in [2.05, 4.69) is 20.9 Å². The molecule has 2 saturated heterocycles. The van der Waals surface area contributed by atoms with E-state index in [9.17, 15) is 31.1 Å². The number of aryl methyl sites for hydroxylation is 1. The van der Waals surface area contributed by atoms with Crippen LogP contribution in [0.1, 0.15) is 29.0 Å². The molecule has 0 saturated carbocycles. The van der Waals surface area contributed by atoms with Crippen LogP contribution in [-0.2, 0) is 14.3 Å². The molecule has 0 bridgehead atoms. The Morgan fingerprint density at radius 2 is 1.59 bits per heavy atom. The minimum atomic E-state index is -5.08. The molecule has 2 aliphatic rings. The second kappa shape index (κ2) is 14.1. The predicted octanol–water partition coefficient (Wildman–Crippen LogP) is 3.81. The van der Waals surface area contributed by atoms with Crippen molar-refractivity contribution >= 4 is 23.5 Å². The number of hydrogen-bond donors (Lipinski definition) is 2. The number of piperidine rings is 1. The van der Waals surface area contributed by atoms with E-state index in [-0.39, 0.29) is 11.3 Å². The quantitative estimate of drug-likeness (QED) is 0.498. The van der Waals surface area contributed by atoms with Gasteiger partial charge < -0.3 is 24.7 Å². The zero-order chi connectivity index (χ0) is 30.8. The molecule has 0 aliphatic carbocycles. The molecule has 0 radical (unpaired) electrons. The molecule has 1 spiro atoms. The SMILES string of the molecule is Cc1cccc(C(=O)N2CCCC3(COCCN(c4cccnc4)C3)C2)n1.O=C(O)C(F)(F)F.O=C(O)C(F)(F)F. The van der Waals surface area contributed by atoms with Crippen molar-refractivity contribution in [3.05, 3.63) is 54.1 Å². The van der Waals surface area contributed by atoms with E-state index in [1.54, 1.807) is 6.20 Å². The van der Waals surface area contributed by atoms with Crippen molar-refractivity contribution in [2.45, 2.75) is 32.1 Å². The fraction of sp³-hybridized carbons (Fsp3) is 0.480. The predicted molar refractivity (Wildman–Crippen MR) is 131 cm³/mol. The van der Waals surface area contributed by atoms with Gasteiger partial charge in [-0.05, 0) is 44.0 Å². The van der Waals surface area contributed by atoms with Gasteiger partial charge in [-0.25, -0.2) is 14.6 Å². The summed E-state index contributed by atoms with van der Waals surface area (Å²) in [5, 5.41) is 14.2. The number of likely N-dealkylation sites (tertiary alicyclic amines) is 1. The van der Waals surface area contributed by atoms with Crippen LogP contribution < -0.4 is 4.90 Å². The molecule has 226 valence electrons. The Morgan fingerprint density at radius 1 is 0.951 bits per heavy atom. The number of aliphatic carboxylic acids is 2. The molecule has 41 heavy (non-hydrogen) atoms. The number of hydrogen-bond acceptors (Lipinski definition) is 7. The first kappa shape index (κ1) is 33.3. The summed E-state index contributed by atoms with van der Waals surface area (Å²) in [4.78, 5) is 43.8. The van der Waals surface area contributed by atoms with Crippen molar-refractivity contribution in [2.75, 3.05) is 44.3 Å². The normalized spacial score (nSPS) is 19.2. The van der Waals surface area contributed by atoms with E-state index < -0.39 is 24.3 Å². The van der Waals surface area contributed by atoms with Crippen molar-refractivity contribution in [3.63, 3.8) is 0 Å². The minimum Gasteiger partial charge on any atom is -0.475 e. The molecule has 1 unspecified atom stereocenters. The van der Waals surface area contributed by atoms with Gasteiger partial charge in [0.2, 0.25) is 0 Å². The molecular formula is C25H28F6N4O6. The van der Waals surface area contributed by atoms with Crippen LogP contribution >= 0.6 is 0 Å². The van der Waals surface area contributed by atoms with Gasteiger partial charge >= 0.3 is 24.3 Å². The number of nitrogens with zero attached hydrogens (tertiary/aromatic N) is 4. The van der Waals surface area contributed by atoms with Crippen molar-refractivity contribution in [2.24, 2.45) is 5.41 Å². The monoisotopic (exact) mass is 594 g/mol. The third-order valence-corrected chi connectivity index (χ3v) is 5.99. The first-order valence-corrected chi connectivity index (χ1v) is 12.1. The highest BCUT2D eigenvalue weighted by Gasteiger charge is 2.41. The molecule has 2 N–H and O–H groups in total. The number of ether oxygens (including phenoxy) is 1. The first-order chi connectivity index (χ1) is 19.0. The maximum atomic E-state index is 13.0. The Kier molecular flexibility index (Phi) is 11.4. The minimum absolute atomic E-state index is 0.0231. The lowest BCUT2D eigenvalue weighted by Crippen LogP contribution is -2.52. The number of rotatable bonds is 2. The summed E-state index contributed by atoms with van der Waals surface area (Å²) in [5.74, 6) is -5.49. The molecule has 2 fully saturated rings. The number of alkyl halides is 6. The number of carbonyl (C=O) groups is 3. The Hall–Kier alpha value is -3.95. The van der Waals surface area contributed by atoms with E-state index in [1.165, 1.54) is 0 Å². The average Bonchev–Trinajstić information content (AvgIpc) is 3.10. The topological polar surface area (TPSA) is 133 Å². The van der Waals surface area contributed by atoms with Gasteiger partial charge in [-0.2, -0.15) is 26.3 Å². The third-order valence-electron chi connectivity index (χ3n) is 5.99. The molecule has 2 aromatic rings. The number of amides is 1. The van der Waals surface area contributed by atoms with Crippen molar-refractivity contribution in [1.82, 2.24) is 14.9 Å². The Morgan fingerprint density at radius 3 is 2.12 bits per heavy atom. The van der Waals surface area contributed by atoms with Crippen LogP contribution in [0.4, 0.5) is 32.0 Å². The standard InChI is InChI=1S/C21H26N4O2.2C2HF3O2/c1-17-5-2-7-19(23-17)20(26)25-10-4-8-21(15-25)14-24(11-12-27-16-21)18-6-3-9-22-13-18;2*3-2(4,5)1(6)7/h2-3,5-7,9,13H,4,8,10-12,14-16H2,1H3;2*(H,6,7). The van der Waals surface area contributed by atoms with Gasteiger partial charge in [-0.3, -0.25) is 9.78 Å². The van der Waals surface area contributed by atoms with Crippen molar-refractivity contribution < 1.29 is 55.7 Å². The number of carboxylic acids is 2. The van der Waals surface area contributed by atoms with E-state index in [4.69, 9.17) is 24.5 Å². The van der Waals surface area contributed by atoms with Gasteiger partial charge in [0.25, 0.3) is 5.91 Å². The maximum absolute atomic E-state index is 13.0. The summed E-state index contributed by atoms with van der Waals surface area (Å²) in [6, 6.07) is 9.68. The summed E-state index contributed by atoms with van der Waals surface area (Å²) < 4.78 is 69.4. The highest BCUT2D eigenvalue weighted by molar-refractivity contribution is 5.92. The highest BCUT2D eigenvalue weighted by Crippen LogP contribution is 2.35. The molecule has 0 aromatic carbocycles. The Bertz CT molecular complexity index is 1160. The van der Waals surface area contributed by atoms with Crippen LogP contribution in [0.3, 0.4) is 0 Å². The summed E-state index contributed by atoms with van der Waals surface area (Å²) in [6.45, 7) is 6.52. The van der Waals surface area contributed by atoms with Crippen LogP contribution in [0.25, 0.3) is 0 Å². The summed E-state index contributed by atoms with van der Waals surface area (Å²) in [5.41, 5.74) is 2.47. The average molecular weight is 595 g/mol. The fourth-order valence-electron chi connectivity index (χ4n) is 4.21. The number of halogens is 6. The second-order valence-electron chi connectivity index (χ2n) is 9.29. The second-order valence-corrected chi connectivity index (χ2v) is 9.29. The molecule has 2 aromatic heterocycles. The van der Waals surface area contributed by atoms with Crippen LogP contribution in [0.15, 0.2) is 42.7 Å². The largest absolute Gasteiger partial charge is 0.490 e. The zero-order valence-electron chi connectivity index (χ0n) is 21.8. The van der Waals surface area contributed by atoms with Gasteiger partial charge in [0, 0.05) is 43.5 Å². The van der Waals surface area contributed by atoms with Gasteiger partial charge in [0.15, 0.2) is 0 Å². The molecular weight excluding hydrogens is 566 g/mol. The molecule has 10 nitrogen and oxygen atoms in total. The van der Waals surface area contributed by atoms with Gasteiger partial charge in [0.1, 0.15) is 5.69 Å². The Labute approximate surface area is 230 Å². The molecule has 4 rings (SSSR count). The molecule has 4 heterocycles. The summed E-state index contributed by atoms with van der Waals surface area (Å²) >= 11 is 0. The lowest BCUT2D eigenvalue weighted by atomic mass is 9.80. The number of carbonyl (C=O) groups excluding carboxylic acids is 1. The summed E-state index contributed by atoms with van der Waals surface area (Å²) in [6.07, 6.45) is -4.42. The lowest BCUT2D eigenvalue weighted by molar-refractivity contribution is -0.193. The zero-order valence-corrected chi connectivity index (χ0v) is 21.8. The van der Waals surface area contributed by atoms with Crippen LogP contribution in [0, 0.1) is 12.3 Å². The van der Waals surface area contributed by atoms with Gasteiger partial charge in [0.05, 0.1) is 25.1 Å². The molecule has 1 atom stereocenters. The lowest BCUT2D eigenvalue weighted by Gasteiger charge is -2.43. The molecule has 1 amide bonds. The van der Waals surface area contributed by atoms with Gasteiger partial charge in [-0.1, -0.05) is 6.07 Å². The number of aromatic nitrogens is 2. The third kappa shape index (κ3) is 10.5. The van der Waals surface area contributed by atoms with E-state index >= 15 is 0 Å². The highest BCUT2D eigenvalue weighted by atomic mass is 19.4. The van der Waals surface area contributed by atoms with Crippen LogP contribution in [0.5, 0.6) is 0 Å². The van der Waals surface area contributed by atoms with Crippen molar-refractivity contribution in [3.8, 4) is 0 Å². The van der Waals surface area contributed by atoms with E-state index in [1.807, 2.05) is 42.3 Å². The number of pyridine rings is 2. The van der Waals surface area contributed by atoms with Gasteiger partial charge in [-0.15, -0.1) is 0 Å². The summed E-state index contributed by atoms with van der Waals surface area (Å²) in [7, 11) is 0. The smallest absolute Gasteiger partial charge is 0.475 e.